The van der Waals surface area contributed by atoms with E-state index in [1.54, 1.807) is 0 Å². The average molecular weight is 230 g/mol. The summed E-state index contributed by atoms with van der Waals surface area (Å²) >= 11 is 0. The zero-order chi connectivity index (χ0) is 11.8. The number of nitrogen functional groups attached to an aromatic ring is 1. The smallest absolute Gasteiger partial charge is 0.396 e. The molecule has 1 heterocycles. The summed E-state index contributed by atoms with van der Waals surface area (Å²) in [6, 6.07) is 0. The van der Waals surface area contributed by atoms with E-state index in [-0.39, 0.29) is 6.20 Å². The molecule has 0 saturated heterocycles. The van der Waals surface area contributed by atoms with Gasteiger partial charge in [-0.15, -0.1) is 0 Å². The molecule has 2 N–H and O–H groups in total. The van der Waals surface area contributed by atoms with E-state index < -0.39 is 35.4 Å². The summed E-state index contributed by atoms with van der Waals surface area (Å²) in [5.41, 5.74) is 0.603. The fraction of sp³-hybridized carbons (Fsp3) is 0.286. The zero-order valence-corrected chi connectivity index (χ0v) is 6.95. The molecule has 0 amide bonds. The summed E-state index contributed by atoms with van der Waals surface area (Å²) in [6.45, 7) is 0. The Bertz CT molecular complexity index is 372. The van der Waals surface area contributed by atoms with Crippen molar-refractivity contribution < 1.29 is 26.3 Å². The lowest BCUT2D eigenvalue weighted by Crippen LogP contribution is -2.14. The predicted octanol–water partition coefficient (Wildman–Crippen LogP) is 2.76. The lowest BCUT2D eigenvalue weighted by Gasteiger charge is -2.10. The fourth-order valence-electron chi connectivity index (χ4n) is 0.886. The van der Waals surface area contributed by atoms with Crippen LogP contribution < -0.4 is 5.73 Å². The van der Waals surface area contributed by atoms with Crippen LogP contribution in [0.25, 0.3) is 0 Å². The van der Waals surface area contributed by atoms with Gasteiger partial charge in [-0.3, -0.25) is 0 Å². The van der Waals surface area contributed by atoms with Crippen LogP contribution in [0.15, 0.2) is 6.20 Å². The monoisotopic (exact) mass is 230 g/mol. The number of nitrogens with two attached hydrogens (primary N) is 1. The van der Waals surface area contributed by atoms with Crippen LogP contribution in [0.3, 0.4) is 0 Å². The first-order chi connectivity index (χ1) is 6.75. The third-order valence-electron chi connectivity index (χ3n) is 1.59. The number of anilines is 1. The minimum Gasteiger partial charge on any atom is -0.396 e. The highest BCUT2D eigenvalue weighted by Gasteiger charge is 2.38. The molecule has 1 rings (SSSR count). The van der Waals surface area contributed by atoms with E-state index >= 15 is 0 Å². The minimum absolute atomic E-state index is 0.214. The maximum absolute atomic E-state index is 12.9. The number of hydrogen-bond acceptors (Lipinski definition) is 2. The molecule has 0 spiro atoms. The van der Waals surface area contributed by atoms with Crippen LogP contribution in [-0.4, -0.2) is 4.98 Å². The Morgan fingerprint density at radius 3 is 2.20 bits per heavy atom. The predicted molar refractivity (Wildman–Crippen MR) is 38.6 cm³/mol. The van der Waals surface area contributed by atoms with Crippen LogP contribution in [0, 0.1) is 5.82 Å². The van der Waals surface area contributed by atoms with Crippen molar-refractivity contribution in [2.45, 2.75) is 12.6 Å². The first-order valence-corrected chi connectivity index (χ1v) is 3.54. The molecule has 0 atom stereocenters. The number of alkyl halides is 5. The van der Waals surface area contributed by atoms with E-state index in [9.17, 15) is 26.3 Å². The summed E-state index contributed by atoms with van der Waals surface area (Å²) in [4.78, 5) is 2.57. The van der Waals surface area contributed by atoms with Crippen molar-refractivity contribution >= 4 is 5.69 Å². The van der Waals surface area contributed by atoms with E-state index in [0.717, 1.165) is 0 Å². The number of aromatic nitrogens is 1. The normalized spacial score (nSPS) is 12.2. The maximum Gasteiger partial charge on any atom is 0.436 e. The van der Waals surface area contributed by atoms with Gasteiger partial charge in [0.1, 0.15) is 0 Å². The van der Waals surface area contributed by atoms with Gasteiger partial charge >= 0.3 is 6.18 Å². The Labute approximate surface area is 79.7 Å². The molecule has 0 saturated carbocycles. The van der Waals surface area contributed by atoms with Crippen LogP contribution in [0.1, 0.15) is 17.7 Å². The first kappa shape index (κ1) is 11.6. The Kier molecular flexibility index (Phi) is 2.78. The number of hydrogen-bond donors (Lipinski definition) is 1. The van der Waals surface area contributed by atoms with Crippen LogP contribution in [0.2, 0.25) is 0 Å². The summed E-state index contributed by atoms with van der Waals surface area (Å²) in [5, 5.41) is 0. The van der Waals surface area contributed by atoms with E-state index in [0.29, 0.717) is 0 Å². The molecular weight excluding hydrogens is 226 g/mol. The molecule has 0 aliphatic rings. The molecule has 8 heteroatoms. The van der Waals surface area contributed by atoms with Gasteiger partial charge in [-0.25, -0.2) is 18.2 Å². The van der Waals surface area contributed by atoms with Crippen LogP contribution in [-0.2, 0) is 6.18 Å². The Morgan fingerprint density at radius 1 is 1.27 bits per heavy atom. The van der Waals surface area contributed by atoms with Gasteiger partial charge in [-0.05, 0) is 0 Å². The van der Waals surface area contributed by atoms with Gasteiger partial charge in [0.2, 0.25) is 0 Å². The standard InChI is InChI=1S/C7H4F6N2/c8-3-4(14)2(6(9)10)1-15-5(3)7(11,12)13/h1,6H,(H2,14,15). The molecule has 0 aliphatic carbocycles. The molecular formula is C7H4F6N2. The lowest BCUT2D eigenvalue weighted by atomic mass is 10.2. The highest BCUT2D eigenvalue weighted by Crippen LogP contribution is 2.34. The maximum atomic E-state index is 12.9. The molecule has 0 fully saturated rings. The molecule has 0 aromatic carbocycles. The van der Waals surface area contributed by atoms with Crippen molar-refractivity contribution in [3.8, 4) is 0 Å². The van der Waals surface area contributed by atoms with E-state index in [2.05, 4.69) is 4.98 Å². The van der Waals surface area contributed by atoms with Crippen molar-refractivity contribution in [1.29, 1.82) is 0 Å². The molecule has 84 valence electrons. The molecule has 15 heavy (non-hydrogen) atoms. The topological polar surface area (TPSA) is 38.9 Å². The number of rotatable bonds is 1. The van der Waals surface area contributed by atoms with Crippen LogP contribution in [0.5, 0.6) is 0 Å². The number of pyridine rings is 1. The highest BCUT2D eigenvalue weighted by atomic mass is 19.4. The highest BCUT2D eigenvalue weighted by molar-refractivity contribution is 5.49. The fourth-order valence-corrected chi connectivity index (χ4v) is 0.886. The van der Waals surface area contributed by atoms with Gasteiger partial charge in [-0.1, -0.05) is 0 Å². The second kappa shape index (κ2) is 3.59. The number of halogens is 6. The van der Waals surface area contributed by atoms with E-state index in [1.165, 1.54) is 0 Å². The molecule has 0 radical (unpaired) electrons. The third kappa shape index (κ3) is 2.13. The average Bonchev–Trinajstić information content (AvgIpc) is 2.06. The van der Waals surface area contributed by atoms with Gasteiger partial charge < -0.3 is 5.73 Å². The number of nitrogens with zero attached hydrogens (tertiary/aromatic N) is 1. The molecule has 0 bridgehead atoms. The summed E-state index contributed by atoms with van der Waals surface area (Å²) in [5.74, 6) is -1.97. The minimum atomic E-state index is -5.06. The third-order valence-corrected chi connectivity index (χ3v) is 1.59. The Morgan fingerprint density at radius 2 is 1.80 bits per heavy atom. The lowest BCUT2D eigenvalue weighted by molar-refractivity contribution is -0.143. The zero-order valence-electron chi connectivity index (χ0n) is 6.95. The first-order valence-electron chi connectivity index (χ1n) is 3.54. The molecule has 0 unspecified atom stereocenters. The summed E-state index contributed by atoms with van der Waals surface area (Å²) in [6.07, 6.45) is -8.01. The van der Waals surface area contributed by atoms with Crippen molar-refractivity contribution in [2.75, 3.05) is 5.73 Å². The Balaban J connectivity index is 3.34. The second-order valence-electron chi connectivity index (χ2n) is 2.59. The molecule has 1 aromatic rings. The quantitative estimate of drug-likeness (QED) is 0.753. The molecule has 2 nitrogen and oxygen atoms in total. The summed E-state index contributed by atoms with van der Waals surface area (Å²) < 4.78 is 73.1. The van der Waals surface area contributed by atoms with Crippen LogP contribution >= 0.6 is 0 Å². The van der Waals surface area contributed by atoms with Gasteiger partial charge in [0, 0.05) is 6.20 Å². The molecule has 0 aliphatic heterocycles. The van der Waals surface area contributed by atoms with Gasteiger partial charge in [-0.2, -0.15) is 13.2 Å². The van der Waals surface area contributed by atoms with Crippen molar-refractivity contribution in [1.82, 2.24) is 4.98 Å². The summed E-state index contributed by atoms with van der Waals surface area (Å²) in [7, 11) is 0. The van der Waals surface area contributed by atoms with E-state index in [1.807, 2.05) is 0 Å². The largest absolute Gasteiger partial charge is 0.436 e. The molecule has 1 aromatic heterocycles. The van der Waals surface area contributed by atoms with E-state index in [4.69, 9.17) is 5.73 Å². The second-order valence-corrected chi connectivity index (χ2v) is 2.59. The van der Waals surface area contributed by atoms with Gasteiger partial charge in [0.05, 0.1) is 11.3 Å². The van der Waals surface area contributed by atoms with Crippen molar-refractivity contribution in [3.05, 3.63) is 23.3 Å². The van der Waals surface area contributed by atoms with Gasteiger partial charge in [0.15, 0.2) is 11.5 Å². The van der Waals surface area contributed by atoms with Crippen LogP contribution in [0.4, 0.5) is 32.0 Å². The Hall–Kier alpha value is -1.47. The SMILES string of the molecule is Nc1c(C(F)F)cnc(C(F)(F)F)c1F. The van der Waals surface area contributed by atoms with Gasteiger partial charge in [0.25, 0.3) is 6.43 Å². The van der Waals surface area contributed by atoms with Crippen molar-refractivity contribution in [2.24, 2.45) is 0 Å². The van der Waals surface area contributed by atoms with Crippen molar-refractivity contribution in [3.63, 3.8) is 0 Å².